The van der Waals surface area contributed by atoms with Gasteiger partial charge in [-0.2, -0.15) is 0 Å². The van der Waals surface area contributed by atoms with Crippen LogP contribution in [0.2, 0.25) is 0 Å². The number of hydrogen-bond acceptors (Lipinski definition) is 3. The lowest BCUT2D eigenvalue weighted by Crippen LogP contribution is -2.24. The molecule has 0 aromatic carbocycles. The van der Waals surface area contributed by atoms with Crippen molar-refractivity contribution in [1.82, 2.24) is 9.88 Å². The molecule has 1 aromatic heterocycles. The van der Waals surface area contributed by atoms with E-state index < -0.39 is 5.97 Å². The molecule has 1 aromatic rings. The summed E-state index contributed by atoms with van der Waals surface area (Å²) in [7, 11) is 0. The van der Waals surface area contributed by atoms with E-state index in [1.165, 1.54) is 31.7 Å². The Labute approximate surface area is 101 Å². The first kappa shape index (κ1) is 12.0. The van der Waals surface area contributed by atoms with E-state index >= 15 is 0 Å². The molecule has 0 radical (unpaired) electrons. The van der Waals surface area contributed by atoms with E-state index in [1.807, 2.05) is 6.07 Å². The fourth-order valence-electron chi connectivity index (χ4n) is 2.21. The highest BCUT2D eigenvalue weighted by atomic mass is 16.4. The molecule has 1 N–H and O–H groups in total. The quantitative estimate of drug-likeness (QED) is 0.870. The molecule has 0 saturated carbocycles. The van der Waals surface area contributed by atoms with Crippen LogP contribution in [0.15, 0.2) is 18.2 Å². The van der Waals surface area contributed by atoms with Gasteiger partial charge in [-0.15, -0.1) is 0 Å². The summed E-state index contributed by atoms with van der Waals surface area (Å²) in [4.78, 5) is 17.3. The van der Waals surface area contributed by atoms with Crippen molar-refractivity contribution in [3.63, 3.8) is 0 Å². The van der Waals surface area contributed by atoms with Crippen LogP contribution in [0.1, 0.15) is 41.9 Å². The summed E-state index contributed by atoms with van der Waals surface area (Å²) in [5.74, 6) is -0.956. The molecule has 1 aliphatic heterocycles. The molecular formula is C13H18N2O2. The lowest BCUT2D eigenvalue weighted by Gasteiger charge is -2.19. The summed E-state index contributed by atoms with van der Waals surface area (Å²) < 4.78 is 0. The minimum Gasteiger partial charge on any atom is -0.477 e. The van der Waals surface area contributed by atoms with Gasteiger partial charge in [-0.3, -0.25) is 4.90 Å². The summed E-state index contributed by atoms with van der Waals surface area (Å²) in [6.07, 6.45) is 5.08. The Morgan fingerprint density at radius 3 is 2.59 bits per heavy atom. The van der Waals surface area contributed by atoms with Gasteiger partial charge in [0.1, 0.15) is 5.69 Å². The number of hydrogen-bond donors (Lipinski definition) is 1. The van der Waals surface area contributed by atoms with Gasteiger partial charge in [0.2, 0.25) is 0 Å². The summed E-state index contributed by atoms with van der Waals surface area (Å²) in [6.45, 7) is 2.96. The van der Waals surface area contributed by atoms with E-state index in [-0.39, 0.29) is 5.69 Å². The van der Waals surface area contributed by atoms with Gasteiger partial charge in [0, 0.05) is 6.54 Å². The monoisotopic (exact) mass is 234 g/mol. The first-order valence-electron chi connectivity index (χ1n) is 6.17. The van der Waals surface area contributed by atoms with Crippen molar-refractivity contribution in [2.45, 2.75) is 32.2 Å². The number of likely N-dealkylation sites (tertiary alicyclic amines) is 1. The number of nitrogens with zero attached hydrogens (tertiary/aromatic N) is 2. The molecule has 1 aliphatic rings. The zero-order chi connectivity index (χ0) is 12.1. The lowest BCUT2D eigenvalue weighted by atomic mass is 10.2. The highest BCUT2D eigenvalue weighted by Gasteiger charge is 2.11. The third kappa shape index (κ3) is 3.53. The van der Waals surface area contributed by atoms with E-state index in [0.717, 1.165) is 25.3 Å². The van der Waals surface area contributed by atoms with Gasteiger partial charge in [-0.05, 0) is 38.1 Å². The molecule has 0 aliphatic carbocycles. The third-order valence-electron chi connectivity index (χ3n) is 3.11. The molecule has 0 bridgehead atoms. The van der Waals surface area contributed by atoms with Gasteiger partial charge in [0.15, 0.2) is 0 Å². The first-order chi connectivity index (χ1) is 8.25. The summed E-state index contributed by atoms with van der Waals surface area (Å²) in [6, 6.07) is 5.20. The molecule has 0 atom stereocenters. The number of carboxylic acids is 1. The normalized spacial score (nSPS) is 17.6. The minimum absolute atomic E-state index is 0.136. The van der Waals surface area contributed by atoms with E-state index in [4.69, 9.17) is 5.11 Å². The standard InChI is InChI=1S/C13H18N2O2/c16-13(17)12-7-5-6-11(14-12)10-15-8-3-1-2-4-9-15/h5-7H,1-4,8-10H2,(H,16,17). The van der Waals surface area contributed by atoms with Crippen molar-refractivity contribution in [2.24, 2.45) is 0 Å². The number of rotatable bonds is 3. The molecule has 2 rings (SSSR count). The van der Waals surface area contributed by atoms with Crippen LogP contribution < -0.4 is 0 Å². The Morgan fingerprint density at radius 2 is 1.94 bits per heavy atom. The molecule has 0 unspecified atom stereocenters. The maximum Gasteiger partial charge on any atom is 0.354 e. The smallest absolute Gasteiger partial charge is 0.354 e. The number of carbonyl (C=O) groups is 1. The zero-order valence-corrected chi connectivity index (χ0v) is 9.93. The molecule has 2 heterocycles. The van der Waals surface area contributed by atoms with Crippen LogP contribution in [0.25, 0.3) is 0 Å². The van der Waals surface area contributed by atoms with Gasteiger partial charge in [0.25, 0.3) is 0 Å². The van der Waals surface area contributed by atoms with E-state index in [1.54, 1.807) is 6.07 Å². The predicted molar refractivity (Wildman–Crippen MR) is 64.9 cm³/mol. The van der Waals surface area contributed by atoms with E-state index in [9.17, 15) is 4.79 Å². The van der Waals surface area contributed by atoms with Crippen molar-refractivity contribution in [3.05, 3.63) is 29.6 Å². The fourth-order valence-corrected chi connectivity index (χ4v) is 2.21. The Morgan fingerprint density at radius 1 is 1.24 bits per heavy atom. The average molecular weight is 234 g/mol. The second-order valence-electron chi connectivity index (χ2n) is 4.51. The number of aromatic carboxylic acids is 1. The average Bonchev–Trinajstić information content (AvgIpc) is 2.58. The second kappa shape index (κ2) is 5.77. The van der Waals surface area contributed by atoms with Crippen molar-refractivity contribution in [1.29, 1.82) is 0 Å². The Hall–Kier alpha value is -1.42. The molecule has 1 saturated heterocycles. The van der Waals surface area contributed by atoms with Crippen molar-refractivity contribution < 1.29 is 9.90 Å². The molecule has 1 fully saturated rings. The maximum absolute atomic E-state index is 10.8. The van der Waals surface area contributed by atoms with Crippen molar-refractivity contribution in [2.75, 3.05) is 13.1 Å². The largest absolute Gasteiger partial charge is 0.477 e. The molecule has 0 amide bonds. The molecule has 4 nitrogen and oxygen atoms in total. The van der Waals surface area contributed by atoms with Crippen LogP contribution in [0.4, 0.5) is 0 Å². The van der Waals surface area contributed by atoms with Crippen LogP contribution >= 0.6 is 0 Å². The van der Waals surface area contributed by atoms with Crippen molar-refractivity contribution >= 4 is 5.97 Å². The Kier molecular flexibility index (Phi) is 4.09. The SMILES string of the molecule is O=C(O)c1cccc(CN2CCCCCC2)n1. The molecular weight excluding hydrogens is 216 g/mol. The first-order valence-corrected chi connectivity index (χ1v) is 6.17. The van der Waals surface area contributed by atoms with Crippen LogP contribution in [0.3, 0.4) is 0 Å². The lowest BCUT2D eigenvalue weighted by molar-refractivity contribution is 0.0690. The number of carboxylic acid groups (broad SMARTS) is 1. The number of aromatic nitrogens is 1. The van der Waals surface area contributed by atoms with Crippen LogP contribution in [0, 0.1) is 0 Å². The molecule has 4 heteroatoms. The van der Waals surface area contributed by atoms with Crippen molar-refractivity contribution in [3.8, 4) is 0 Å². The minimum atomic E-state index is -0.956. The Bertz CT molecular complexity index is 385. The molecule has 92 valence electrons. The van der Waals surface area contributed by atoms with Crippen LogP contribution in [-0.2, 0) is 6.54 Å². The maximum atomic E-state index is 10.8. The highest BCUT2D eigenvalue weighted by molar-refractivity contribution is 5.85. The van der Waals surface area contributed by atoms with Gasteiger partial charge >= 0.3 is 5.97 Å². The Balaban J connectivity index is 2.01. The third-order valence-corrected chi connectivity index (χ3v) is 3.11. The van der Waals surface area contributed by atoms with Gasteiger partial charge < -0.3 is 5.11 Å². The highest BCUT2D eigenvalue weighted by Crippen LogP contribution is 2.12. The topological polar surface area (TPSA) is 53.4 Å². The van der Waals surface area contributed by atoms with Gasteiger partial charge in [-0.25, -0.2) is 9.78 Å². The van der Waals surface area contributed by atoms with Gasteiger partial charge in [0.05, 0.1) is 5.69 Å². The molecule has 0 spiro atoms. The predicted octanol–water partition coefficient (Wildman–Crippen LogP) is 2.16. The van der Waals surface area contributed by atoms with Crippen LogP contribution in [0.5, 0.6) is 0 Å². The van der Waals surface area contributed by atoms with Gasteiger partial charge in [-0.1, -0.05) is 18.9 Å². The number of pyridine rings is 1. The zero-order valence-electron chi connectivity index (χ0n) is 9.93. The van der Waals surface area contributed by atoms with Crippen LogP contribution in [-0.4, -0.2) is 34.0 Å². The summed E-state index contributed by atoms with van der Waals surface area (Å²) in [5.41, 5.74) is 0.990. The van der Waals surface area contributed by atoms with E-state index in [2.05, 4.69) is 9.88 Å². The fraction of sp³-hybridized carbons (Fsp3) is 0.538. The van der Waals surface area contributed by atoms with E-state index in [0.29, 0.717) is 0 Å². The molecule has 17 heavy (non-hydrogen) atoms. The summed E-state index contributed by atoms with van der Waals surface area (Å²) in [5, 5.41) is 8.88. The second-order valence-corrected chi connectivity index (χ2v) is 4.51. The summed E-state index contributed by atoms with van der Waals surface area (Å²) >= 11 is 0.